The van der Waals surface area contributed by atoms with Crippen LogP contribution < -0.4 is 5.32 Å². The summed E-state index contributed by atoms with van der Waals surface area (Å²) in [6, 6.07) is 4.97. The lowest BCUT2D eigenvalue weighted by atomic mass is 10.0. The lowest BCUT2D eigenvalue weighted by Gasteiger charge is -2.32. The van der Waals surface area contributed by atoms with E-state index in [-0.39, 0.29) is 30.8 Å². The zero-order chi connectivity index (χ0) is 18.2. The molecule has 1 aromatic carbocycles. The van der Waals surface area contributed by atoms with Crippen LogP contribution in [0.25, 0.3) is 10.4 Å². The van der Waals surface area contributed by atoms with Crippen LogP contribution in [-0.4, -0.2) is 38.0 Å². The largest absolute Gasteiger partial charge is 0.356 e. The van der Waals surface area contributed by atoms with E-state index >= 15 is 0 Å². The Bertz CT molecular complexity index is 652. The Morgan fingerprint density at radius 2 is 2.24 bits per heavy atom. The molecule has 1 heterocycles. The van der Waals surface area contributed by atoms with Crippen LogP contribution in [0.4, 0.5) is 0 Å². The number of carbonyl (C=O) groups is 1. The Hall–Kier alpha value is -1.50. The monoisotopic (exact) mass is 386 g/mol. The van der Waals surface area contributed by atoms with E-state index in [0.29, 0.717) is 35.9 Å². The molecule has 25 heavy (non-hydrogen) atoms. The molecule has 0 radical (unpaired) electrons. The number of hydrogen-bond acceptors (Lipinski definition) is 4. The minimum atomic E-state index is -0.388. The maximum Gasteiger partial charge on any atom is 0.224 e. The average molecular weight is 387 g/mol. The number of nitrogens with one attached hydrogen (secondary N) is 1. The van der Waals surface area contributed by atoms with Crippen LogP contribution in [0, 0.1) is 0 Å². The van der Waals surface area contributed by atoms with Gasteiger partial charge in [-0.3, -0.25) is 4.79 Å². The van der Waals surface area contributed by atoms with Crippen molar-refractivity contribution in [2.45, 2.75) is 44.1 Å². The topological polar surface area (TPSA) is 96.3 Å². The molecule has 0 aromatic heterocycles. The molecule has 1 aliphatic rings. The molecule has 0 aliphatic carbocycles. The molecule has 3 atom stereocenters. The third-order valence-corrected chi connectivity index (χ3v) is 4.70. The first-order valence-electron chi connectivity index (χ1n) is 7.95. The number of benzene rings is 1. The second-order valence-electron chi connectivity index (χ2n) is 5.82. The van der Waals surface area contributed by atoms with Gasteiger partial charge in [-0.05, 0) is 36.1 Å². The predicted molar refractivity (Wildman–Crippen MR) is 95.6 cm³/mol. The van der Waals surface area contributed by atoms with Crippen molar-refractivity contribution in [1.82, 2.24) is 5.32 Å². The summed E-state index contributed by atoms with van der Waals surface area (Å²) in [6.45, 7) is 0.463. The minimum absolute atomic E-state index is 0.107. The second kappa shape index (κ2) is 9.85. The van der Waals surface area contributed by atoms with Gasteiger partial charge in [0.1, 0.15) is 0 Å². The zero-order valence-electron chi connectivity index (χ0n) is 13.8. The molecule has 0 bridgehead atoms. The highest BCUT2D eigenvalue weighted by Gasteiger charge is 2.28. The highest BCUT2D eigenvalue weighted by Crippen LogP contribution is 2.25. The Kier molecular flexibility index (Phi) is 7.81. The molecule has 9 heteroatoms. The van der Waals surface area contributed by atoms with E-state index < -0.39 is 0 Å². The molecule has 136 valence electrons. The standard InChI is InChI=1S/C16H20Cl2N4O3/c1-24-16-9-11(21-22-19)8-12(25-16)4-5-20-15(23)7-10-2-3-13(17)14(18)6-10/h2-3,6,11-12,16H,4-5,7-9H2,1H3,(H,20,23)/t11-,12-,16?/m1/s1. The molecule has 1 fully saturated rings. The van der Waals surface area contributed by atoms with Crippen molar-refractivity contribution in [3.8, 4) is 0 Å². The fourth-order valence-electron chi connectivity index (χ4n) is 2.72. The van der Waals surface area contributed by atoms with Gasteiger partial charge in [0.25, 0.3) is 0 Å². The molecule has 0 saturated carbocycles. The molecule has 1 N–H and O–H groups in total. The number of carbonyl (C=O) groups excluding carboxylic acids is 1. The van der Waals surface area contributed by atoms with E-state index in [1.54, 1.807) is 25.3 Å². The molecular weight excluding hydrogens is 367 g/mol. The fourth-order valence-corrected chi connectivity index (χ4v) is 3.04. The second-order valence-corrected chi connectivity index (χ2v) is 6.63. The van der Waals surface area contributed by atoms with Crippen LogP contribution in [0.5, 0.6) is 0 Å². The van der Waals surface area contributed by atoms with Gasteiger partial charge in [-0.1, -0.05) is 34.4 Å². The highest BCUT2D eigenvalue weighted by molar-refractivity contribution is 6.42. The van der Waals surface area contributed by atoms with Crippen molar-refractivity contribution in [3.63, 3.8) is 0 Å². The van der Waals surface area contributed by atoms with Gasteiger partial charge < -0.3 is 14.8 Å². The van der Waals surface area contributed by atoms with Gasteiger partial charge in [-0.15, -0.1) is 0 Å². The van der Waals surface area contributed by atoms with E-state index in [0.717, 1.165) is 5.56 Å². The summed E-state index contributed by atoms with van der Waals surface area (Å²) in [5.74, 6) is -0.107. The molecule has 0 spiro atoms. The summed E-state index contributed by atoms with van der Waals surface area (Å²) >= 11 is 11.8. The van der Waals surface area contributed by atoms with Crippen molar-refractivity contribution in [1.29, 1.82) is 0 Å². The number of halogens is 2. The Morgan fingerprint density at radius 3 is 2.92 bits per heavy atom. The Labute approximate surface area is 156 Å². The molecule has 2 rings (SSSR count). The summed E-state index contributed by atoms with van der Waals surface area (Å²) < 4.78 is 11.0. The molecule has 1 aliphatic heterocycles. The maximum atomic E-state index is 12.0. The lowest BCUT2D eigenvalue weighted by Crippen LogP contribution is -2.38. The SMILES string of the molecule is COC1C[C@H](N=[N+]=[N-])C[C@@H](CCNC(=O)Cc2ccc(Cl)c(Cl)c2)O1. The number of nitrogens with zero attached hydrogens (tertiary/aromatic N) is 3. The number of ether oxygens (including phenoxy) is 2. The van der Waals surface area contributed by atoms with Crippen LogP contribution in [0.3, 0.4) is 0 Å². The summed E-state index contributed by atoms with van der Waals surface area (Å²) in [5.41, 5.74) is 9.39. The smallest absolute Gasteiger partial charge is 0.224 e. The van der Waals surface area contributed by atoms with Crippen molar-refractivity contribution < 1.29 is 14.3 Å². The van der Waals surface area contributed by atoms with Crippen LogP contribution in [-0.2, 0) is 20.7 Å². The van der Waals surface area contributed by atoms with Crippen LogP contribution in [0.2, 0.25) is 10.0 Å². The van der Waals surface area contributed by atoms with Crippen LogP contribution >= 0.6 is 23.2 Å². The summed E-state index contributed by atoms with van der Waals surface area (Å²) in [5, 5.41) is 7.50. The summed E-state index contributed by atoms with van der Waals surface area (Å²) in [7, 11) is 1.55. The molecule has 1 unspecified atom stereocenters. The minimum Gasteiger partial charge on any atom is -0.356 e. The van der Waals surface area contributed by atoms with Crippen molar-refractivity contribution >= 4 is 29.1 Å². The number of methoxy groups -OCH3 is 1. The lowest BCUT2D eigenvalue weighted by molar-refractivity contribution is -0.184. The molecular formula is C16H20Cl2N4O3. The molecule has 7 nitrogen and oxygen atoms in total. The first kappa shape index (κ1) is 19.8. The number of amides is 1. The summed E-state index contributed by atoms with van der Waals surface area (Å²) in [6.07, 6.45) is 1.49. The van der Waals surface area contributed by atoms with Gasteiger partial charge >= 0.3 is 0 Å². The van der Waals surface area contributed by atoms with Crippen molar-refractivity contribution in [2.24, 2.45) is 5.11 Å². The van der Waals surface area contributed by atoms with Crippen LogP contribution in [0.15, 0.2) is 23.3 Å². The van der Waals surface area contributed by atoms with Gasteiger partial charge in [0.05, 0.1) is 22.6 Å². The van der Waals surface area contributed by atoms with Gasteiger partial charge in [-0.25, -0.2) is 0 Å². The maximum absolute atomic E-state index is 12.0. The average Bonchev–Trinajstić information content (AvgIpc) is 2.58. The zero-order valence-corrected chi connectivity index (χ0v) is 15.3. The Balaban J connectivity index is 1.77. The normalized spacial score (nSPS) is 22.9. The molecule has 1 aromatic rings. The summed E-state index contributed by atoms with van der Waals surface area (Å²) in [4.78, 5) is 14.9. The van der Waals surface area contributed by atoms with Crippen LogP contribution in [0.1, 0.15) is 24.8 Å². The molecule has 1 saturated heterocycles. The van der Waals surface area contributed by atoms with E-state index in [1.807, 2.05) is 0 Å². The Morgan fingerprint density at radius 1 is 1.44 bits per heavy atom. The van der Waals surface area contributed by atoms with Gasteiger partial charge in [0, 0.05) is 31.0 Å². The third kappa shape index (κ3) is 6.38. The van der Waals surface area contributed by atoms with E-state index in [4.69, 9.17) is 38.2 Å². The first-order chi connectivity index (χ1) is 12.0. The van der Waals surface area contributed by atoms with E-state index in [9.17, 15) is 4.79 Å². The van der Waals surface area contributed by atoms with E-state index in [1.165, 1.54) is 0 Å². The fraction of sp³-hybridized carbons (Fsp3) is 0.562. The molecule has 1 amide bonds. The number of rotatable bonds is 7. The van der Waals surface area contributed by atoms with E-state index in [2.05, 4.69) is 15.3 Å². The highest BCUT2D eigenvalue weighted by atomic mass is 35.5. The predicted octanol–water partition coefficient (Wildman–Crippen LogP) is 3.87. The van der Waals surface area contributed by atoms with Gasteiger partial charge in [0.15, 0.2) is 6.29 Å². The van der Waals surface area contributed by atoms with Gasteiger partial charge in [0.2, 0.25) is 5.91 Å². The third-order valence-electron chi connectivity index (χ3n) is 3.96. The first-order valence-corrected chi connectivity index (χ1v) is 8.70. The quantitative estimate of drug-likeness (QED) is 0.437. The number of hydrogen-bond donors (Lipinski definition) is 1. The number of azide groups is 1. The van der Waals surface area contributed by atoms with Crippen molar-refractivity contribution in [2.75, 3.05) is 13.7 Å². The van der Waals surface area contributed by atoms with Crippen molar-refractivity contribution in [3.05, 3.63) is 44.3 Å². The van der Waals surface area contributed by atoms with Gasteiger partial charge in [-0.2, -0.15) is 0 Å².